The van der Waals surface area contributed by atoms with Gasteiger partial charge in [-0.05, 0) is 55.5 Å². The maximum absolute atomic E-state index is 10.6. The van der Waals surface area contributed by atoms with Gasteiger partial charge in [0.25, 0.3) is 0 Å². The largest absolute Gasteiger partial charge is 0.478 e. The zero-order valence-electron chi connectivity index (χ0n) is 9.89. The number of aliphatic carboxylic acids is 1. The van der Waals surface area contributed by atoms with Crippen molar-refractivity contribution in [2.45, 2.75) is 27.7 Å². The van der Waals surface area contributed by atoms with E-state index >= 15 is 0 Å². The number of aryl methyl sites for hydroxylation is 2. The average Bonchev–Trinajstić information content (AvgIpc) is 2.13. The first-order valence-electron chi connectivity index (χ1n) is 5.02. The molecule has 0 saturated carbocycles. The Morgan fingerprint density at radius 3 is 2.25 bits per heavy atom. The SMILES string of the molecule is Cc1cc(C)c(/C(Cl)=C/C(=O)O)c(C)c1C. The lowest BCUT2D eigenvalue weighted by atomic mass is 9.94. The van der Waals surface area contributed by atoms with Crippen LogP contribution in [0.4, 0.5) is 0 Å². The van der Waals surface area contributed by atoms with Gasteiger partial charge in [0.05, 0.1) is 5.03 Å². The Balaban J connectivity index is 3.46. The van der Waals surface area contributed by atoms with Gasteiger partial charge in [0.1, 0.15) is 0 Å². The molecule has 0 fully saturated rings. The monoisotopic (exact) mass is 238 g/mol. The maximum atomic E-state index is 10.6. The van der Waals surface area contributed by atoms with E-state index in [1.54, 1.807) is 0 Å². The Kier molecular flexibility index (Phi) is 3.76. The molecule has 86 valence electrons. The number of rotatable bonds is 2. The van der Waals surface area contributed by atoms with Gasteiger partial charge in [-0.15, -0.1) is 0 Å². The van der Waals surface area contributed by atoms with Crippen LogP contribution in [0.1, 0.15) is 27.8 Å². The van der Waals surface area contributed by atoms with Gasteiger partial charge >= 0.3 is 5.97 Å². The second-order valence-corrected chi connectivity index (χ2v) is 4.37. The molecule has 3 heteroatoms. The van der Waals surface area contributed by atoms with Crippen LogP contribution >= 0.6 is 11.6 Å². The van der Waals surface area contributed by atoms with Gasteiger partial charge in [0, 0.05) is 6.08 Å². The van der Waals surface area contributed by atoms with E-state index in [4.69, 9.17) is 16.7 Å². The van der Waals surface area contributed by atoms with Crippen molar-refractivity contribution >= 4 is 22.6 Å². The second-order valence-electron chi connectivity index (χ2n) is 3.97. The molecule has 0 saturated heterocycles. The average molecular weight is 239 g/mol. The van der Waals surface area contributed by atoms with Crippen LogP contribution in [0.15, 0.2) is 12.1 Å². The Bertz CT molecular complexity index is 473. The molecular weight excluding hydrogens is 224 g/mol. The zero-order chi connectivity index (χ0) is 12.5. The molecule has 2 nitrogen and oxygen atoms in total. The molecule has 0 bridgehead atoms. The smallest absolute Gasteiger partial charge is 0.329 e. The van der Waals surface area contributed by atoms with E-state index in [1.807, 2.05) is 33.8 Å². The van der Waals surface area contributed by atoms with E-state index in [-0.39, 0.29) is 5.03 Å². The third-order valence-electron chi connectivity index (χ3n) is 2.85. The summed E-state index contributed by atoms with van der Waals surface area (Å²) in [7, 11) is 0. The summed E-state index contributed by atoms with van der Waals surface area (Å²) >= 11 is 6.02. The van der Waals surface area contributed by atoms with Crippen LogP contribution in [-0.2, 0) is 4.79 Å². The fourth-order valence-electron chi connectivity index (χ4n) is 1.83. The number of hydrogen-bond donors (Lipinski definition) is 1. The minimum absolute atomic E-state index is 0.283. The minimum Gasteiger partial charge on any atom is -0.478 e. The molecule has 1 aromatic carbocycles. The van der Waals surface area contributed by atoms with Gasteiger partial charge in [0.15, 0.2) is 0 Å². The Morgan fingerprint density at radius 1 is 1.19 bits per heavy atom. The predicted octanol–water partition coefficient (Wildman–Crippen LogP) is 3.58. The highest BCUT2D eigenvalue weighted by molar-refractivity contribution is 6.50. The first kappa shape index (κ1) is 12.8. The molecule has 0 unspecified atom stereocenters. The van der Waals surface area contributed by atoms with Crippen molar-refractivity contribution in [2.24, 2.45) is 0 Å². The normalized spacial score (nSPS) is 11.7. The van der Waals surface area contributed by atoms with Crippen molar-refractivity contribution in [1.29, 1.82) is 0 Å². The molecule has 0 aliphatic carbocycles. The standard InChI is InChI=1S/C13H15ClO2/c1-7-5-8(2)13(10(4)9(7)3)11(14)6-12(15)16/h5-6H,1-4H3,(H,15,16)/b11-6-. The van der Waals surface area contributed by atoms with Crippen molar-refractivity contribution in [3.63, 3.8) is 0 Å². The van der Waals surface area contributed by atoms with Crippen LogP contribution in [0, 0.1) is 27.7 Å². The van der Waals surface area contributed by atoms with Gasteiger partial charge in [-0.1, -0.05) is 17.7 Å². The van der Waals surface area contributed by atoms with E-state index < -0.39 is 5.97 Å². The Morgan fingerprint density at radius 2 is 1.75 bits per heavy atom. The molecule has 0 aliphatic rings. The van der Waals surface area contributed by atoms with Gasteiger partial charge < -0.3 is 5.11 Å². The van der Waals surface area contributed by atoms with E-state index in [9.17, 15) is 4.79 Å². The lowest BCUT2D eigenvalue weighted by molar-refractivity contribution is -0.131. The third-order valence-corrected chi connectivity index (χ3v) is 3.14. The molecule has 0 spiro atoms. The summed E-state index contributed by atoms with van der Waals surface area (Å²) in [5, 5.41) is 8.97. The molecule has 1 N–H and O–H groups in total. The van der Waals surface area contributed by atoms with Crippen molar-refractivity contribution in [3.05, 3.63) is 40.0 Å². The number of carbonyl (C=O) groups is 1. The number of carboxylic acid groups (broad SMARTS) is 1. The fourth-order valence-corrected chi connectivity index (χ4v) is 2.22. The third kappa shape index (κ3) is 2.45. The topological polar surface area (TPSA) is 37.3 Å². The lowest BCUT2D eigenvalue weighted by Gasteiger charge is -2.14. The number of benzene rings is 1. The van der Waals surface area contributed by atoms with Crippen molar-refractivity contribution in [3.8, 4) is 0 Å². The first-order chi connectivity index (χ1) is 7.34. The highest BCUT2D eigenvalue weighted by Gasteiger charge is 2.11. The second kappa shape index (κ2) is 4.71. The molecular formula is C13H15ClO2. The summed E-state index contributed by atoms with van der Waals surface area (Å²) in [5.74, 6) is -1.03. The summed E-state index contributed by atoms with van der Waals surface area (Å²) < 4.78 is 0. The predicted molar refractivity (Wildman–Crippen MR) is 66.9 cm³/mol. The van der Waals surface area contributed by atoms with Gasteiger partial charge in [-0.2, -0.15) is 0 Å². The lowest BCUT2D eigenvalue weighted by Crippen LogP contribution is -1.98. The van der Waals surface area contributed by atoms with E-state index in [2.05, 4.69) is 0 Å². The van der Waals surface area contributed by atoms with E-state index in [0.717, 1.165) is 28.3 Å². The fraction of sp³-hybridized carbons (Fsp3) is 0.308. The summed E-state index contributed by atoms with van der Waals surface area (Å²) in [6.45, 7) is 7.95. The van der Waals surface area contributed by atoms with Crippen LogP contribution in [0.25, 0.3) is 5.03 Å². The van der Waals surface area contributed by atoms with Crippen molar-refractivity contribution < 1.29 is 9.90 Å². The van der Waals surface area contributed by atoms with Crippen LogP contribution in [0.2, 0.25) is 0 Å². The summed E-state index contributed by atoms with van der Waals surface area (Å²) in [5.41, 5.74) is 5.21. The van der Waals surface area contributed by atoms with Crippen molar-refractivity contribution in [2.75, 3.05) is 0 Å². The number of carboxylic acids is 1. The maximum Gasteiger partial charge on any atom is 0.329 e. The zero-order valence-corrected chi connectivity index (χ0v) is 10.6. The molecule has 1 aromatic rings. The van der Waals surface area contributed by atoms with Gasteiger partial charge in [-0.25, -0.2) is 4.79 Å². The first-order valence-corrected chi connectivity index (χ1v) is 5.40. The van der Waals surface area contributed by atoms with Crippen LogP contribution in [-0.4, -0.2) is 11.1 Å². The highest BCUT2D eigenvalue weighted by atomic mass is 35.5. The molecule has 16 heavy (non-hydrogen) atoms. The van der Waals surface area contributed by atoms with Gasteiger partial charge in [0.2, 0.25) is 0 Å². The molecule has 0 aromatic heterocycles. The molecule has 0 radical (unpaired) electrons. The van der Waals surface area contributed by atoms with Gasteiger partial charge in [-0.3, -0.25) is 0 Å². The highest BCUT2D eigenvalue weighted by Crippen LogP contribution is 2.29. The summed E-state index contributed by atoms with van der Waals surface area (Å²) in [6.07, 6.45) is 1.03. The Labute approximate surface area is 101 Å². The van der Waals surface area contributed by atoms with E-state index in [1.165, 1.54) is 5.56 Å². The van der Waals surface area contributed by atoms with Crippen molar-refractivity contribution in [1.82, 2.24) is 0 Å². The van der Waals surface area contributed by atoms with Crippen LogP contribution in [0.5, 0.6) is 0 Å². The molecule has 0 heterocycles. The molecule has 0 atom stereocenters. The minimum atomic E-state index is -1.03. The van der Waals surface area contributed by atoms with E-state index in [0.29, 0.717) is 0 Å². The summed E-state index contributed by atoms with van der Waals surface area (Å²) in [6, 6.07) is 2.02. The quantitative estimate of drug-likeness (QED) is 0.800. The molecule has 0 aliphatic heterocycles. The summed E-state index contributed by atoms with van der Waals surface area (Å²) in [4.78, 5) is 10.6. The number of hydrogen-bond acceptors (Lipinski definition) is 1. The number of halogens is 1. The molecule has 0 amide bonds. The van der Waals surface area contributed by atoms with Crippen LogP contribution < -0.4 is 0 Å². The van der Waals surface area contributed by atoms with Crippen LogP contribution in [0.3, 0.4) is 0 Å². The molecule has 1 rings (SSSR count). The Hall–Kier alpha value is -1.28.